The summed E-state index contributed by atoms with van der Waals surface area (Å²) in [5, 5.41) is 5.56. The van der Waals surface area contributed by atoms with Crippen LogP contribution >= 0.6 is 0 Å². The third-order valence-electron chi connectivity index (χ3n) is 4.64. The molecule has 1 spiro atoms. The van der Waals surface area contributed by atoms with E-state index in [1.165, 1.54) is 6.08 Å². The molecule has 7 heteroatoms. The summed E-state index contributed by atoms with van der Waals surface area (Å²) in [4.78, 5) is 38.1. The van der Waals surface area contributed by atoms with E-state index in [2.05, 4.69) is 17.2 Å². The summed E-state index contributed by atoms with van der Waals surface area (Å²) in [6.45, 7) is 7.74. The highest BCUT2D eigenvalue weighted by Gasteiger charge is 2.52. The van der Waals surface area contributed by atoms with Crippen molar-refractivity contribution in [3.63, 3.8) is 0 Å². The van der Waals surface area contributed by atoms with Crippen LogP contribution in [0.25, 0.3) is 0 Å². The Kier molecular flexibility index (Phi) is 4.58. The fourth-order valence-electron chi connectivity index (χ4n) is 3.40. The van der Waals surface area contributed by atoms with Crippen LogP contribution in [0.3, 0.4) is 0 Å². The van der Waals surface area contributed by atoms with E-state index >= 15 is 0 Å². The van der Waals surface area contributed by atoms with Gasteiger partial charge < -0.3 is 20.3 Å². The Labute approximate surface area is 152 Å². The molecule has 26 heavy (non-hydrogen) atoms. The lowest BCUT2D eigenvalue weighted by Gasteiger charge is -2.40. The first-order valence-electron chi connectivity index (χ1n) is 8.60. The Bertz CT molecular complexity index is 774. The highest BCUT2D eigenvalue weighted by Crippen LogP contribution is 2.34. The van der Waals surface area contributed by atoms with Crippen molar-refractivity contribution in [2.24, 2.45) is 0 Å². The fraction of sp³-hybridized carbons (Fsp3) is 0.421. The molecule has 138 valence electrons. The molecule has 1 aromatic carbocycles. The second-order valence-corrected chi connectivity index (χ2v) is 7.17. The van der Waals surface area contributed by atoms with Gasteiger partial charge >= 0.3 is 0 Å². The van der Waals surface area contributed by atoms with Crippen LogP contribution in [0.2, 0.25) is 0 Å². The van der Waals surface area contributed by atoms with Crippen molar-refractivity contribution in [1.29, 1.82) is 0 Å². The van der Waals surface area contributed by atoms with Crippen LogP contribution in [0.15, 0.2) is 36.9 Å². The van der Waals surface area contributed by atoms with Crippen LogP contribution in [0.1, 0.15) is 37.0 Å². The van der Waals surface area contributed by atoms with Crippen molar-refractivity contribution >= 4 is 23.4 Å². The van der Waals surface area contributed by atoms with Gasteiger partial charge in [0.2, 0.25) is 5.91 Å². The second-order valence-electron chi connectivity index (χ2n) is 7.17. The molecule has 0 bridgehead atoms. The van der Waals surface area contributed by atoms with Crippen LogP contribution in [0, 0.1) is 0 Å². The summed E-state index contributed by atoms with van der Waals surface area (Å²) >= 11 is 0. The topological polar surface area (TPSA) is 87.7 Å². The minimum atomic E-state index is -0.902. The maximum absolute atomic E-state index is 12.9. The van der Waals surface area contributed by atoms with E-state index in [9.17, 15) is 14.4 Å². The predicted molar refractivity (Wildman–Crippen MR) is 96.4 cm³/mol. The number of amides is 3. The first-order valence-corrected chi connectivity index (χ1v) is 8.60. The third-order valence-corrected chi connectivity index (χ3v) is 4.64. The van der Waals surface area contributed by atoms with Crippen molar-refractivity contribution in [3.8, 4) is 0 Å². The Morgan fingerprint density at radius 1 is 1.38 bits per heavy atom. The number of ether oxygens (including phenoxy) is 1. The van der Waals surface area contributed by atoms with Gasteiger partial charge in [0.05, 0.1) is 6.54 Å². The normalized spacial score (nSPS) is 24.2. The van der Waals surface area contributed by atoms with Gasteiger partial charge in [-0.25, -0.2) is 0 Å². The van der Waals surface area contributed by atoms with Crippen molar-refractivity contribution in [1.82, 2.24) is 10.2 Å². The van der Waals surface area contributed by atoms with Crippen LogP contribution in [-0.4, -0.2) is 47.0 Å². The Morgan fingerprint density at radius 2 is 2.15 bits per heavy atom. The first-order chi connectivity index (χ1) is 12.2. The van der Waals surface area contributed by atoms with E-state index in [1.54, 1.807) is 43.0 Å². The maximum Gasteiger partial charge on any atom is 0.254 e. The lowest BCUT2D eigenvalue weighted by Crippen LogP contribution is -2.56. The van der Waals surface area contributed by atoms with Crippen molar-refractivity contribution in [3.05, 3.63) is 42.5 Å². The lowest BCUT2D eigenvalue weighted by molar-refractivity contribution is -0.138. The quantitative estimate of drug-likeness (QED) is 0.806. The fourth-order valence-corrected chi connectivity index (χ4v) is 3.40. The molecule has 1 unspecified atom stereocenters. The Morgan fingerprint density at radius 3 is 2.81 bits per heavy atom. The number of nitrogens with one attached hydrogen (secondary N) is 2. The van der Waals surface area contributed by atoms with Crippen molar-refractivity contribution in [2.45, 2.75) is 38.0 Å². The van der Waals surface area contributed by atoms with Gasteiger partial charge in [-0.15, -0.1) is 0 Å². The molecule has 1 aromatic rings. The molecule has 2 fully saturated rings. The molecule has 1 atom stereocenters. The minimum absolute atomic E-state index is 0.165. The molecule has 0 radical (unpaired) electrons. The molecule has 3 rings (SSSR count). The minimum Gasteiger partial charge on any atom is -0.338 e. The third kappa shape index (κ3) is 3.48. The molecule has 2 aliphatic rings. The zero-order valence-corrected chi connectivity index (χ0v) is 15.0. The second kappa shape index (κ2) is 6.57. The van der Waals surface area contributed by atoms with E-state index in [0.717, 1.165) is 6.42 Å². The summed E-state index contributed by atoms with van der Waals surface area (Å²) in [6.07, 6.45) is 2.57. The largest absolute Gasteiger partial charge is 0.338 e. The van der Waals surface area contributed by atoms with E-state index in [4.69, 9.17) is 4.74 Å². The molecule has 2 N–H and O–H groups in total. The summed E-state index contributed by atoms with van der Waals surface area (Å²) in [5.74, 6) is -0.668. The number of nitrogens with zero attached hydrogens (tertiary/aromatic N) is 1. The molecule has 2 aliphatic heterocycles. The summed E-state index contributed by atoms with van der Waals surface area (Å²) in [7, 11) is 0. The van der Waals surface area contributed by atoms with E-state index in [1.807, 2.05) is 0 Å². The number of benzene rings is 1. The Hall–Kier alpha value is -2.67. The molecular weight excluding hydrogens is 334 g/mol. The number of carbonyl (C=O) groups is 3. The number of likely N-dealkylation sites (tertiary alicyclic amines) is 1. The van der Waals surface area contributed by atoms with Gasteiger partial charge in [-0.3, -0.25) is 14.4 Å². The van der Waals surface area contributed by atoms with E-state index < -0.39 is 11.3 Å². The van der Waals surface area contributed by atoms with E-state index in [-0.39, 0.29) is 17.7 Å². The van der Waals surface area contributed by atoms with Crippen LogP contribution in [0.5, 0.6) is 0 Å². The highest BCUT2D eigenvalue weighted by atomic mass is 16.6. The zero-order valence-electron chi connectivity index (χ0n) is 15.0. The number of hydrogen-bond donors (Lipinski definition) is 2. The molecule has 2 heterocycles. The first kappa shape index (κ1) is 18.1. The number of hydrogen-bond acceptors (Lipinski definition) is 4. The maximum atomic E-state index is 12.9. The van der Waals surface area contributed by atoms with Gasteiger partial charge in [-0.1, -0.05) is 12.6 Å². The van der Waals surface area contributed by atoms with Gasteiger partial charge in [0.1, 0.15) is 5.60 Å². The number of piperidine rings is 1. The highest BCUT2D eigenvalue weighted by molar-refractivity contribution is 6.01. The SMILES string of the molecule is C=CC(=O)Nc1cccc(C(=O)N2CCCC3(C2)NC(=O)C(C)(C)O3)c1. The molecule has 3 amide bonds. The summed E-state index contributed by atoms with van der Waals surface area (Å²) < 4.78 is 5.97. The monoisotopic (exact) mass is 357 g/mol. The number of anilines is 1. The van der Waals surface area contributed by atoms with Crippen molar-refractivity contribution < 1.29 is 19.1 Å². The van der Waals surface area contributed by atoms with Gasteiger partial charge in [-0.05, 0) is 51.0 Å². The standard InChI is InChI=1S/C19H23N3O4/c1-4-15(23)20-14-8-5-7-13(11-14)16(24)22-10-6-9-19(12-22)21-17(25)18(2,3)26-19/h4-5,7-8,11H,1,6,9-10,12H2,2-3H3,(H,20,23)(H,21,25). The number of carbonyl (C=O) groups excluding carboxylic acids is 3. The average molecular weight is 357 g/mol. The summed E-state index contributed by atoms with van der Waals surface area (Å²) in [6, 6.07) is 6.75. The molecule has 7 nitrogen and oxygen atoms in total. The van der Waals surface area contributed by atoms with Crippen LogP contribution in [-0.2, 0) is 14.3 Å². The molecule has 0 aliphatic carbocycles. The van der Waals surface area contributed by atoms with Crippen molar-refractivity contribution in [2.75, 3.05) is 18.4 Å². The van der Waals surface area contributed by atoms with Gasteiger partial charge in [-0.2, -0.15) is 0 Å². The van der Waals surface area contributed by atoms with E-state index in [0.29, 0.717) is 30.8 Å². The molecule has 0 aromatic heterocycles. The lowest BCUT2D eigenvalue weighted by atomic mass is 10.0. The summed E-state index contributed by atoms with van der Waals surface area (Å²) in [5.41, 5.74) is -0.740. The smallest absolute Gasteiger partial charge is 0.254 e. The van der Waals surface area contributed by atoms with Gasteiger partial charge in [0.25, 0.3) is 11.8 Å². The van der Waals surface area contributed by atoms with Gasteiger partial charge in [0, 0.05) is 17.8 Å². The number of rotatable bonds is 3. The van der Waals surface area contributed by atoms with Crippen LogP contribution < -0.4 is 10.6 Å². The predicted octanol–water partition coefficient (Wildman–Crippen LogP) is 1.67. The average Bonchev–Trinajstić information content (AvgIpc) is 2.82. The van der Waals surface area contributed by atoms with Gasteiger partial charge in [0.15, 0.2) is 5.72 Å². The molecule has 2 saturated heterocycles. The molecular formula is C19H23N3O4. The molecule has 0 saturated carbocycles. The zero-order chi connectivity index (χ0) is 18.9. The van der Waals surface area contributed by atoms with Crippen LogP contribution in [0.4, 0.5) is 5.69 Å². The Balaban J connectivity index is 1.76.